The number of amides is 1. The van der Waals surface area contributed by atoms with Crippen LogP contribution in [0.5, 0.6) is 0 Å². The number of hydrogen-bond donors (Lipinski definition) is 1. The lowest BCUT2D eigenvalue weighted by Gasteiger charge is -2.37. The predicted octanol–water partition coefficient (Wildman–Crippen LogP) is 5.69. The van der Waals surface area contributed by atoms with E-state index in [1.807, 2.05) is 41.3 Å². The van der Waals surface area contributed by atoms with Crippen LogP contribution in [0.4, 0.5) is 5.69 Å². The highest BCUT2D eigenvalue weighted by atomic mass is 16.3. The number of aromatic nitrogens is 1. The van der Waals surface area contributed by atoms with Crippen molar-refractivity contribution in [2.24, 2.45) is 7.05 Å². The number of carbonyl (C=O) groups excluding carboxylic acids is 1. The van der Waals surface area contributed by atoms with Crippen LogP contribution in [0.3, 0.4) is 0 Å². The summed E-state index contributed by atoms with van der Waals surface area (Å²) in [6, 6.07) is 26.3. The van der Waals surface area contributed by atoms with Crippen LogP contribution < -0.4 is 5.32 Å². The Kier molecular flexibility index (Phi) is 3.90. The van der Waals surface area contributed by atoms with E-state index < -0.39 is 0 Å². The van der Waals surface area contributed by atoms with Crippen LogP contribution >= 0.6 is 0 Å². The van der Waals surface area contributed by atoms with Crippen molar-refractivity contribution in [2.45, 2.75) is 12.7 Å². The normalized spacial score (nSPS) is 16.0. The van der Waals surface area contributed by atoms with Gasteiger partial charge in [0.1, 0.15) is 11.9 Å². The van der Waals surface area contributed by atoms with E-state index in [4.69, 9.17) is 4.42 Å². The zero-order chi connectivity index (χ0) is 20.9. The fraction of sp³-hybridized carbons (Fsp3) is 0.115. The van der Waals surface area contributed by atoms with E-state index in [2.05, 4.69) is 59.4 Å². The first-order chi connectivity index (χ1) is 15.2. The summed E-state index contributed by atoms with van der Waals surface area (Å²) in [4.78, 5) is 15.3. The van der Waals surface area contributed by atoms with Crippen LogP contribution in [-0.2, 0) is 13.6 Å². The molecular weight excluding hydrogens is 386 g/mol. The Morgan fingerprint density at radius 1 is 0.903 bits per heavy atom. The smallest absolute Gasteiger partial charge is 0.258 e. The molecule has 6 rings (SSSR count). The van der Waals surface area contributed by atoms with Crippen molar-refractivity contribution in [1.82, 2.24) is 9.47 Å². The van der Waals surface area contributed by atoms with Crippen molar-refractivity contribution < 1.29 is 9.21 Å². The molecule has 1 aliphatic heterocycles. The van der Waals surface area contributed by atoms with Crippen molar-refractivity contribution in [3.05, 3.63) is 102 Å². The molecule has 1 N–H and O–H groups in total. The monoisotopic (exact) mass is 407 g/mol. The Morgan fingerprint density at radius 2 is 1.71 bits per heavy atom. The molecule has 0 bridgehead atoms. The number of hydrogen-bond acceptors (Lipinski definition) is 3. The molecule has 0 saturated heterocycles. The Morgan fingerprint density at radius 3 is 2.58 bits per heavy atom. The molecule has 3 heterocycles. The maximum absolute atomic E-state index is 13.4. The first-order valence-electron chi connectivity index (χ1n) is 10.4. The molecule has 0 spiro atoms. The van der Waals surface area contributed by atoms with E-state index in [1.165, 1.54) is 21.8 Å². The molecule has 1 atom stereocenters. The molecule has 1 aliphatic rings. The molecule has 5 aromatic rings. The Hall–Kier alpha value is -3.99. The zero-order valence-corrected chi connectivity index (χ0v) is 17.1. The summed E-state index contributed by atoms with van der Waals surface area (Å²) in [5.74, 6) is 0.750. The van der Waals surface area contributed by atoms with Gasteiger partial charge in [0.05, 0.1) is 18.4 Å². The van der Waals surface area contributed by atoms with Crippen LogP contribution in [0.2, 0.25) is 0 Å². The summed E-state index contributed by atoms with van der Waals surface area (Å²) in [6.45, 7) is 0.394. The SMILES string of the molecule is Cn1c2ccccc2c2cc([C@H]3Nc4ccccc4C(=O)N3Cc3ccco3)ccc21. The summed E-state index contributed by atoms with van der Waals surface area (Å²) in [6.07, 6.45) is 1.35. The molecule has 3 aromatic carbocycles. The van der Waals surface area contributed by atoms with Gasteiger partial charge in [-0.05, 0) is 48.0 Å². The third kappa shape index (κ3) is 2.74. The molecule has 0 fully saturated rings. The number of rotatable bonds is 3. The Balaban J connectivity index is 1.51. The maximum Gasteiger partial charge on any atom is 0.258 e. The number of carbonyl (C=O) groups is 1. The highest BCUT2D eigenvalue weighted by Gasteiger charge is 2.33. The highest BCUT2D eigenvalue weighted by Crippen LogP contribution is 2.37. The molecule has 0 radical (unpaired) electrons. The topological polar surface area (TPSA) is 50.4 Å². The minimum Gasteiger partial charge on any atom is -0.467 e. The van der Waals surface area contributed by atoms with Crippen LogP contribution in [0.15, 0.2) is 89.5 Å². The molecule has 152 valence electrons. The van der Waals surface area contributed by atoms with Gasteiger partial charge in [-0.25, -0.2) is 0 Å². The van der Waals surface area contributed by atoms with Gasteiger partial charge in [0.15, 0.2) is 0 Å². The number of nitrogens with zero attached hydrogens (tertiary/aromatic N) is 2. The fourth-order valence-corrected chi connectivity index (χ4v) is 4.65. The third-order valence-corrected chi connectivity index (χ3v) is 6.18. The highest BCUT2D eigenvalue weighted by molar-refractivity contribution is 6.08. The van der Waals surface area contributed by atoms with Gasteiger partial charge < -0.3 is 19.2 Å². The van der Waals surface area contributed by atoms with Crippen LogP contribution in [0.25, 0.3) is 21.8 Å². The van der Waals surface area contributed by atoms with Gasteiger partial charge in [-0.2, -0.15) is 0 Å². The van der Waals surface area contributed by atoms with Gasteiger partial charge in [-0.15, -0.1) is 0 Å². The number of nitrogens with one attached hydrogen (secondary N) is 1. The maximum atomic E-state index is 13.4. The number of benzene rings is 3. The molecule has 0 unspecified atom stereocenters. The summed E-state index contributed by atoms with van der Waals surface area (Å²) < 4.78 is 7.78. The quantitative estimate of drug-likeness (QED) is 0.418. The first kappa shape index (κ1) is 17.8. The fourth-order valence-electron chi connectivity index (χ4n) is 4.65. The van der Waals surface area contributed by atoms with E-state index in [9.17, 15) is 4.79 Å². The van der Waals surface area contributed by atoms with Crippen LogP contribution in [0, 0.1) is 0 Å². The molecule has 5 heteroatoms. The second-order valence-corrected chi connectivity index (χ2v) is 7.96. The van der Waals surface area contributed by atoms with Crippen LogP contribution in [0.1, 0.15) is 27.8 Å². The number of aryl methyl sites for hydroxylation is 1. The average molecular weight is 407 g/mol. The van der Waals surface area contributed by atoms with Gasteiger partial charge in [-0.3, -0.25) is 4.79 Å². The molecular formula is C26H21N3O2. The minimum atomic E-state index is -0.295. The number of anilines is 1. The van der Waals surface area contributed by atoms with E-state index >= 15 is 0 Å². The van der Waals surface area contributed by atoms with Crippen molar-refractivity contribution in [2.75, 3.05) is 5.32 Å². The summed E-state index contributed by atoms with van der Waals surface area (Å²) >= 11 is 0. The average Bonchev–Trinajstić information content (AvgIpc) is 3.42. The summed E-state index contributed by atoms with van der Waals surface area (Å²) in [5, 5.41) is 5.97. The zero-order valence-electron chi connectivity index (χ0n) is 17.1. The van der Waals surface area contributed by atoms with Gasteiger partial charge in [0.25, 0.3) is 5.91 Å². The van der Waals surface area contributed by atoms with E-state index in [-0.39, 0.29) is 12.1 Å². The largest absolute Gasteiger partial charge is 0.467 e. The molecule has 2 aromatic heterocycles. The molecule has 0 saturated carbocycles. The van der Waals surface area contributed by atoms with Gasteiger partial charge in [0, 0.05) is 34.5 Å². The van der Waals surface area contributed by atoms with Gasteiger partial charge in [-0.1, -0.05) is 36.4 Å². The summed E-state index contributed by atoms with van der Waals surface area (Å²) in [5.41, 5.74) is 4.94. The van der Waals surface area contributed by atoms with Crippen LogP contribution in [-0.4, -0.2) is 15.4 Å². The van der Waals surface area contributed by atoms with E-state index in [1.54, 1.807) is 6.26 Å². The number of fused-ring (bicyclic) bond motifs is 4. The van der Waals surface area contributed by atoms with Crippen molar-refractivity contribution >= 4 is 33.4 Å². The van der Waals surface area contributed by atoms with E-state index in [0.717, 1.165) is 17.0 Å². The second kappa shape index (κ2) is 6.77. The lowest BCUT2D eigenvalue weighted by Crippen LogP contribution is -2.42. The van der Waals surface area contributed by atoms with Gasteiger partial charge >= 0.3 is 0 Å². The van der Waals surface area contributed by atoms with Gasteiger partial charge in [0.2, 0.25) is 0 Å². The predicted molar refractivity (Wildman–Crippen MR) is 122 cm³/mol. The molecule has 5 nitrogen and oxygen atoms in total. The molecule has 1 amide bonds. The van der Waals surface area contributed by atoms with Crippen molar-refractivity contribution in [3.63, 3.8) is 0 Å². The Labute approximate surface area is 179 Å². The molecule has 31 heavy (non-hydrogen) atoms. The first-order valence-corrected chi connectivity index (χ1v) is 10.4. The van der Waals surface area contributed by atoms with Crippen molar-refractivity contribution in [1.29, 1.82) is 0 Å². The lowest BCUT2D eigenvalue weighted by atomic mass is 10.0. The summed E-state index contributed by atoms with van der Waals surface area (Å²) in [7, 11) is 2.09. The number of para-hydroxylation sites is 2. The van der Waals surface area contributed by atoms with E-state index in [0.29, 0.717) is 12.1 Å². The number of furan rings is 1. The van der Waals surface area contributed by atoms with Crippen molar-refractivity contribution in [3.8, 4) is 0 Å². The third-order valence-electron chi connectivity index (χ3n) is 6.18. The second-order valence-electron chi connectivity index (χ2n) is 7.96. The molecule has 0 aliphatic carbocycles. The lowest BCUT2D eigenvalue weighted by molar-refractivity contribution is 0.0651. The Bertz CT molecular complexity index is 1430. The minimum absolute atomic E-state index is 0.00577. The standard InChI is InChI=1S/C26H21N3O2/c1-28-23-11-5-3-8-19(23)21-15-17(12-13-24(21)28)25-27-22-10-4-2-9-20(22)26(30)29(25)16-18-7-6-14-31-18/h2-15,25,27H,16H2,1H3/t25-/m0/s1.